The van der Waals surface area contributed by atoms with Crippen LogP contribution in [0.2, 0.25) is 5.28 Å². The maximum absolute atomic E-state index is 13.1. The third-order valence-corrected chi connectivity index (χ3v) is 5.57. The zero-order valence-electron chi connectivity index (χ0n) is 18.6. The standard InChI is InChI=1S/C13H15F2N3O2.C8H9ClN2O2/c1-3-20-11(19)8-4-16-12(17-7(8)2)18-5-9-10(6-18)13(9,14)15;1-3-13-7(12)6-4-10-8(9)11-5(6)2/h4,9-10H,3,5-6H2,1-2H3;4H,3H2,1-2H3. The van der Waals surface area contributed by atoms with Crippen molar-refractivity contribution in [2.24, 2.45) is 11.8 Å². The summed E-state index contributed by atoms with van der Waals surface area (Å²) in [6.45, 7) is 7.99. The van der Waals surface area contributed by atoms with Gasteiger partial charge in [-0.25, -0.2) is 38.3 Å². The Kier molecular flexibility index (Phi) is 7.41. The minimum atomic E-state index is -2.52. The van der Waals surface area contributed by atoms with Gasteiger partial charge in [0.15, 0.2) is 0 Å². The maximum atomic E-state index is 13.1. The maximum Gasteiger partial charge on any atom is 0.341 e. The van der Waals surface area contributed by atoms with E-state index in [0.717, 1.165) is 0 Å². The van der Waals surface area contributed by atoms with Gasteiger partial charge in [-0.3, -0.25) is 0 Å². The van der Waals surface area contributed by atoms with E-state index >= 15 is 0 Å². The zero-order valence-corrected chi connectivity index (χ0v) is 19.4. The first kappa shape index (κ1) is 24.7. The Labute approximate surface area is 194 Å². The number of ether oxygens (including phenoxy) is 2. The molecular weight excluding hydrogens is 460 g/mol. The SMILES string of the molecule is CCOC(=O)c1cnc(Cl)nc1C.CCOC(=O)c1cnc(N2CC3C(C2)C3(F)F)nc1C. The number of alkyl halides is 2. The number of piperidine rings is 1. The quantitative estimate of drug-likeness (QED) is 0.467. The number of anilines is 1. The Hall–Kier alpha value is -2.95. The molecule has 0 N–H and O–H groups in total. The lowest BCUT2D eigenvalue weighted by molar-refractivity contribution is 0.0514. The van der Waals surface area contributed by atoms with E-state index in [9.17, 15) is 18.4 Å². The van der Waals surface area contributed by atoms with E-state index in [-0.39, 0.29) is 25.0 Å². The minimum Gasteiger partial charge on any atom is -0.462 e. The molecule has 2 fully saturated rings. The molecule has 0 bridgehead atoms. The van der Waals surface area contributed by atoms with E-state index in [1.165, 1.54) is 12.4 Å². The summed E-state index contributed by atoms with van der Waals surface area (Å²) in [5, 5.41) is 0.130. The Bertz CT molecular complexity index is 1040. The van der Waals surface area contributed by atoms with Crippen molar-refractivity contribution in [2.45, 2.75) is 33.6 Å². The number of aryl methyl sites for hydroxylation is 2. The van der Waals surface area contributed by atoms with Crippen molar-refractivity contribution in [2.75, 3.05) is 31.2 Å². The highest BCUT2D eigenvalue weighted by Crippen LogP contribution is 2.59. The molecule has 2 unspecified atom stereocenters. The summed E-state index contributed by atoms with van der Waals surface area (Å²) in [4.78, 5) is 40.5. The summed E-state index contributed by atoms with van der Waals surface area (Å²) in [5.74, 6) is -4.15. The Morgan fingerprint density at radius 1 is 1.00 bits per heavy atom. The van der Waals surface area contributed by atoms with Gasteiger partial charge in [0.25, 0.3) is 5.92 Å². The van der Waals surface area contributed by atoms with Gasteiger partial charge in [-0.15, -0.1) is 0 Å². The van der Waals surface area contributed by atoms with Gasteiger partial charge in [-0.1, -0.05) is 0 Å². The van der Waals surface area contributed by atoms with Crippen LogP contribution in [0.3, 0.4) is 0 Å². The largest absolute Gasteiger partial charge is 0.462 e. The monoisotopic (exact) mass is 483 g/mol. The van der Waals surface area contributed by atoms with Crippen molar-refractivity contribution in [1.29, 1.82) is 0 Å². The average molecular weight is 484 g/mol. The van der Waals surface area contributed by atoms with E-state index in [0.29, 0.717) is 35.1 Å². The summed E-state index contributed by atoms with van der Waals surface area (Å²) >= 11 is 5.52. The second-order valence-electron chi connectivity index (χ2n) is 7.54. The van der Waals surface area contributed by atoms with Crippen molar-refractivity contribution in [3.05, 3.63) is 40.2 Å². The van der Waals surface area contributed by atoms with Crippen molar-refractivity contribution < 1.29 is 27.8 Å². The molecule has 2 aliphatic rings. The highest BCUT2D eigenvalue weighted by atomic mass is 35.5. The highest BCUT2D eigenvalue weighted by molar-refractivity contribution is 6.28. The molecule has 178 valence electrons. The summed E-state index contributed by atoms with van der Waals surface area (Å²) in [6, 6.07) is 0. The summed E-state index contributed by atoms with van der Waals surface area (Å²) in [7, 11) is 0. The first-order chi connectivity index (χ1) is 15.6. The summed E-state index contributed by atoms with van der Waals surface area (Å²) in [5.41, 5.74) is 1.69. The number of carbonyl (C=O) groups excluding carboxylic acids is 2. The van der Waals surface area contributed by atoms with Gasteiger partial charge >= 0.3 is 11.9 Å². The number of rotatable bonds is 5. The fraction of sp³-hybridized carbons (Fsp3) is 0.524. The molecule has 0 radical (unpaired) electrons. The number of aromatic nitrogens is 4. The van der Waals surface area contributed by atoms with Crippen LogP contribution < -0.4 is 4.90 Å². The normalized spacial score (nSPS) is 19.8. The predicted molar refractivity (Wildman–Crippen MR) is 115 cm³/mol. The number of nitrogens with zero attached hydrogens (tertiary/aromatic N) is 5. The molecule has 2 aromatic rings. The topological polar surface area (TPSA) is 107 Å². The number of hydrogen-bond donors (Lipinski definition) is 0. The predicted octanol–water partition coefficient (Wildman–Crippen LogP) is 3.28. The number of halogens is 3. The van der Waals surface area contributed by atoms with Gasteiger partial charge in [0, 0.05) is 25.5 Å². The van der Waals surface area contributed by atoms with Gasteiger partial charge < -0.3 is 14.4 Å². The van der Waals surface area contributed by atoms with Gasteiger partial charge in [0.1, 0.15) is 0 Å². The third-order valence-electron chi connectivity index (χ3n) is 5.39. The van der Waals surface area contributed by atoms with Crippen LogP contribution in [0, 0.1) is 25.7 Å². The third kappa shape index (κ3) is 5.35. The van der Waals surface area contributed by atoms with Crippen LogP contribution in [-0.2, 0) is 9.47 Å². The second-order valence-corrected chi connectivity index (χ2v) is 7.88. The van der Waals surface area contributed by atoms with Crippen LogP contribution >= 0.6 is 11.6 Å². The van der Waals surface area contributed by atoms with Crippen molar-refractivity contribution in [3.8, 4) is 0 Å². The van der Waals surface area contributed by atoms with Gasteiger partial charge in [0.05, 0.1) is 47.6 Å². The van der Waals surface area contributed by atoms with E-state index in [1.807, 2.05) is 0 Å². The van der Waals surface area contributed by atoms with E-state index in [2.05, 4.69) is 19.9 Å². The fourth-order valence-corrected chi connectivity index (χ4v) is 3.71. The minimum absolute atomic E-state index is 0.130. The molecule has 4 rings (SSSR count). The fourth-order valence-electron chi connectivity index (χ4n) is 3.54. The molecule has 1 aliphatic heterocycles. The summed E-state index contributed by atoms with van der Waals surface area (Å²) in [6.07, 6.45) is 2.76. The van der Waals surface area contributed by atoms with Crippen molar-refractivity contribution >= 4 is 29.5 Å². The zero-order chi connectivity index (χ0) is 24.3. The van der Waals surface area contributed by atoms with Crippen LogP contribution in [0.5, 0.6) is 0 Å². The van der Waals surface area contributed by atoms with Gasteiger partial charge in [-0.2, -0.15) is 0 Å². The van der Waals surface area contributed by atoms with Crippen LogP contribution in [0.4, 0.5) is 14.7 Å². The number of fused-ring (bicyclic) bond motifs is 1. The van der Waals surface area contributed by atoms with Crippen molar-refractivity contribution in [1.82, 2.24) is 19.9 Å². The molecule has 2 atom stereocenters. The summed E-state index contributed by atoms with van der Waals surface area (Å²) < 4.78 is 36.0. The lowest BCUT2D eigenvalue weighted by atomic mass is 10.2. The van der Waals surface area contributed by atoms with Gasteiger partial charge in [-0.05, 0) is 39.3 Å². The van der Waals surface area contributed by atoms with E-state index < -0.39 is 29.7 Å². The molecule has 33 heavy (non-hydrogen) atoms. The lowest BCUT2D eigenvalue weighted by Crippen LogP contribution is -2.29. The number of esters is 2. The lowest BCUT2D eigenvalue weighted by Gasteiger charge is -2.20. The first-order valence-corrected chi connectivity index (χ1v) is 10.8. The molecule has 1 saturated heterocycles. The van der Waals surface area contributed by atoms with Crippen LogP contribution in [-0.4, -0.2) is 64.1 Å². The molecule has 2 aromatic heterocycles. The molecule has 0 aromatic carbocycles. The molecule has 1 aliphatic carbocycles. The molecule has 0 spiro atoms. The number of carbonyl (C=O) groups is 2. The highest BCUT2D eigenvalue weighted by Gasteiger charge is 2.72. The molecule has 3 heterocycles. The Balaban J connectivity index is 0.000000205. The molecule has 0 amide bonds. The smallest absolute Gasteiger partial charge is 0.341 e. The Morgan fingerprint density at radius 3 is 1.94 bits per heavy atom. The average Bonchev–Trinajstić information content (AvgIpc) is 3.08. The van der Waals surface area contributed by atoms with Crippen LogP contribution in [0.1, 0.15) is 46.0 Å². The Morgan fingerprint density at radius 2 is 1.48 bits per heavy atom. The molecule has 12 heteroatoms. The molecule has 1 saturated carbocycles. The van der Waals surface area contributed by atoms with Crippen LogP contribution in [0.25, 0.3) is 0 Å². The second kappa shape index (κ2) is 9.90. The van der Waals surface area contributed by atoms with Crippen molar-refractivity contribution in [3.63, 3.8) is 0 Å². The van der Waals surface area contributed by atoms with E-state index in [1.54, 1.807) is 32.6 Å². The molecule has 9 nitrogen and oxygen atoms in total. The number of hydrogen-bond acceptors (Lipinski definition) is 9. The van der Waals surface area contributed by atoms with Crippen LogP contribution in [0.15, 0.2) is 12.4 Å². The molecular formula is C21H24ClF2N5O4. The van der Waals surface area contributed by atoms with E-state index in [4.69, 9.17) is 21.1 Å². The first-order valence-electron chi connectivity index (χ1n) is 10.4. The van der Waals surface area contributed by atoms with Gasteiger partial charge in [0.2, 0.25) is 11.2 Å².